The molecule has 5 heteroatoms. The third-order valence-corrected chi connectivity index (χ3v) is 4.22. The Morgan fingerprint density at radius 2 is 1.79 bits per heavy atom. The van der Waals surface area contributed by atoms with Gasteiger partial charge in [0.2, 0.25) is 0 Å². The molecule has 0 radical (unpaired) electrons. The van der Waals surface area contributed by atoms with Gasteiger partial charge in [-0.1, -0.05) is 6.07 Å². The molecule has 1 aliphatic heterocycles. The van der Waals surface area contributed by atoms with E-state index in [4.69, 9.17) is 0 Å². The van der Waals surface area contributed by atoms with Gasteiger partial charge in [0.15, 0.2) is 0 Å². The SMILES string of the molecule is c1cncc(CN2CCN(Cc3cncs3)CC2)c1. The first-order chi connectivity index (χ1) is 9.40. The van der Waals surface area contributed by atoms with E-state index >= 15 is 0 Å². The number of rotatable bonds is 4. The molecule has 2 aromatic heterocycles. The number of hydrogen-bond donors (Lipinski definition) is 0. The second kappa shape index (κ2) is 6.23. The van der Waals surface area contributed by atoms with Crippen molar-refractivity contribution < 1.29 is 0 Å². The molecule has 0 spiro atoms. The van der Waals surface area contributed by atoms with Gasteiger partial charge < -0.3 is 0 Å². The topological polar surface area (TPSA) is 32.3 Å². The van der Waals surface area contributed by atoms with E-state index in [-0.39, 0.29) is 0 Å². The highest BCUT2D eigenvalue weighted by molar-refractivity contribution is 7.09. The molecule has 3 heterocycles. The van der Waals surface area contributed by atoms with Gasteiger partial charge in [-0.2, -0.15) is 0 Å². The summed E-state index contributed by atoms with van der Waals surface area (Å²) in [6.45, 7) is 6.60. The molecule has 0 saturated carbocycles. The van der Waals surface area contributed by atoms with Crippen LogP contribution >= 0.6 is 11.3 Å². The molecule has 1 aliphatic rings. The average molecular weight is 274 g/mol. The van der Waals surface area contributed by atoms with Gasteiger partial charge in [-0.15, -0.1) is 11.3 Å². The highest BCUT2D eigenvalue weighted by Gasteiger charge is 2.17. The van der Waals surface area contributed by atoms with Crippen LogP contribution in [0.15, 0.2) is 36.2 Å². The molecule has 0 amide bonds. The highest BCUT2D eigenvalue weighted by Crippen LogP contribution is 2.13. The molecule has 0 N–H and O–H groups in total. The van der Waals surface area contributed by atoms with E-state index in [1.807, 2.05) is 30.2 Å². The molecular weight excluding hydrogens is 256 g/mol. The van der Waals surface area contributed by atoms with Crippen LogP contribution in [0.1, 0.15) is 10.4 Å². The van der Waals surface area contributed by atoms with Crippen LogP contribution in [0.25, 0.3) is 0 Å². The molecule has 3 rings (SSSR count). The quantitative estimate of drug-likeness (QED) is 0.852. The van der Waals surface area contributed by atoms with Crippen LogP contribution in [0.2, 0.25) is 0 Å². The minimum absolute atomic E-state index is 1.02. The molecule has 0 aromatic carbocycles. The van der Waals surface area contributed by atoms with E-state index in [0.29, 0.717) is 0 Å². The molecule has 19 heavy (non-hydrogen) atoms. The molecule has 100 valence electrons. The Morgan fingerprint density at radius 3 is 2.42 bits per heavy atom. The predicted molar refractivity (Wildman–Crippen MR) is 76.9 cm³/mol. The standard InChI is InChI=1S/C14H18N4S/c1-2-13(8-15-3-1)10-17-4-6-18(7-5-17)11-14-9-16-12-19-14/h1-3,8-9,12H,4-7,10-11H2. The molecule has 1 saturated heterocycles. The molecule has 2 aromatic rings. The van der Waals surface area contributed by atoms with Crippen molar-refractivity contribution in [2.75, 3.05) is 26.2 Å². The summed E-state index contributed by atoms with van der Waals surface area (Å²) in [4.78, 5) is 14.7. The first kappa shape index (κ1) is 12.7. The highest BCUT2D eigenvalue weighted by atomic mass is 32.1. The van der Waals surface area contributed by atoms with Crippen molar-refractivity contribution in [1.29, 1.82) is 0 Å². The van der Waals surface area contributed by atoms with Gasteiger partial charge >= 0.3 is 0 Å². The Morgan fingerprint density at radius 1 is 1.00 bits per heavy atom. The summed E-state index contributed by atoms with van der Waals surface area (Å²) in [5.74, 6) is 0. The number of aromatic nitrogens is 2. The van der Waals surface area contributed by atoms with E-state index in [9.17, 15) is 0 Å². The number of pyridine rings is 1. The summed E-state index contributed by atoms with van der Waals surface area (Å²) in [6.07, 6.45) is 5.77. The lowest BCUT2D eigenvalue weighted by Crippen LogP contribution is -2.45. The number of nitrogens with zero attached hydrogens (tertiary/aromatic N) is 4. The molecular formula is C14H18N4S. The molecule has 1 fully saturated rings. The van der Waals surface area contributed by atoms with Gasteiger partial charge in [0.1, 0.15) is 0 Å². The minimum atomic E-state index is 1.02. The summed E-state index contributed by atoms with van der Waals surface area (Å²) in [7, 11) is 0. The number of thiazole rings is 1. The monoisotopic (exact) mass is 274 g/mol. The maximum atomic E-state index is 4.17. The average Bonchev–Trinajstić information content (AvgIpc) is 2.95. The van der Waals surface area contributed by atoms with Crippen LogP contribution in [0, 0.1) is 0 Å². The summed E-state index contributed by atoms with van der Waals surface area (Å²) in [5.41, 5.74) is 3.21. The van der Waals surface area contributed by atoms with E-state index in [0.717, 1.165) is 39.3 Å². The predicted octanol–water partition coefficient (Wildman–Crippen LogP) is 1.86. The number of piperazine rings is 1. The summed E-state index contributed by atoms with van der Waals surface area (Å²) < 4.78 is 0. The van der Waals surface area contributed by atoms with Gasteiger partial charge in [-0.3, -0.25) is 19.8 Å². The first-order valence-corrected chi connectivity index (χ1v) is 7.49. The Bertz CT molecular complexity index is 477. The second-order valence-corrected chi connectivity index (χ2v) is 5.85. The summed E-state index contributed by atoms with van der Waals surface area (Å²) in [5, 5.41) is 0. The maximum Gasteiger partial charge on any atom is 0.0794 e. The Kier molecular flexibility index (Phi) is 4.17. The zero-order valence-electron chi connectivity index (χ0n) is 10.9. The molecule has 4 nitrogen and oxygen atoms in total. The third kappa shape index (κ3) is 3.59. The number of hydrogen-bond acceptors (Lipinski definition) is 5. The summed E-state index contributed by atoms with van der Waals surface area (Å²) >= 11 is 1.75. The van der Waals surface area contributed by atoms with Gasteiger partial charge in [-0.25, -0.2) is 0 Å². The normalized spacial score (nSPS) is 17.7. The Balaban J connectivity index is 1.47. The van der Waals surface area contributed by atoms with Crippen molar-refractivity contribution in [3.05, 3.63) is 46.7 Å². The molecule has 0 unspecified atom stereocenters. The molecule has 0 aliphatic carbocycles. The van der Waals surface area contributed by atoms with Gasteiger partial charge in [0.25, 0.3) is 0 Å². The first-order valence-electron chi connectivity index (χ1n) is 6.61. The fraction of sp³-hybridized carbons (Fsp3) is 0.429. The van der Waals surface area contributed by atoms with E-state index in [2.05, 4.69) is 25.8 Å². The van der Waals surface area contributed by atoms with Crippen LogP contribution in [0.4, 0.5) is 0 Å². The smallest absolute Gasteiger partial charge is 0.0794 e. The van der Waals surface area contributed by atoms with Crippen molar-refractivity contribution in [2.24, 2.45) is 0 Å². The van der Waals surface area contributed by atoms with Crippen molar-refractivity contribution in [3.63, 3.8) is 0 Å². The van der Waals surface area contributed by atoms with Crippen molar-refractivity contribution >= 4 is 11.3 Å². The van der Waals surface area contributed by atoms with E-state index in [1.165, 1.54) is 10.4 Å². The zero-order chi connectivity index (χ0) is 12.9. The van der Waals surface area contributed by atoms with Gasteiger partial charge in [0.05, 0.1) is 5.51 Å². The van der Waals surface area contributed by atoms with Crippen LogP contribution in [-0.4, -0.2) is 45.9 Å². The van der Waals surface area contributed by atoms with Crippen LogP contribution in [0.3, 0.4) is 0 Å². The largest absolute Gasteiger partial charge is 0.296 e. The lowest BCUT2D eigenvalue weighted by molar-refractivity contribution is 0.122. The van der Waals surface area contributed by atoms with Gasteiger partial charge in [0, 0.05) is 62.7 Å². The fourth-order valence-corrected chi connectivity index (χ4v) is 3.03. The van der Waals surface area contributed by atoms with E-state index in [1.54, 1.807) is 11.3 Å². The lowest BCUT2D eigenvalue weighted by Gasteiger charge is -2.34. The van der Waals surface area contributed by atoms with E-state index < -0.39 is 0 Å². The van der Waals surface area contributed by atoms with Crippen molar-refractivity contribution in [1.82, 2.24) is 19.8 Å². The summed E-state index contributed by atoms with van der Waals surface area (Å²) in [6, 6.07) is 4.16. The Hall–Kier alpha value is -1.30. The van der Waals surface area contributed by atoms with Crippen LogP contribution in [0.5, 0.6) is 0 Å². The van der Waals surface area contributed by atoms with Crippen LogP contribution < -0.4 is 0 Å². The van der Waals surface area contributed by atoms with Crippen molar-refractivity contribution in [2.45, 2.75) is 13.1 Å². The molecule has 0 atom stereocenters. The lowest BCUT2D eigenvalue weighted by atomic mass is 10.2. The fourth-order valence-electron chi connectivity index (χ4n) is 2.40. The molecule has 0 bridgehead atoms. The maximum absolute atomic E-state index is 4.17. The minimum Gasteiger partial charge on any atom is -0.296 e. The zero-order valence-corrected chi connectivity index (χ0v) is 11.7. The van der Waals surface area contributed by atoms with Crippen LogP contribution in [-0.2, 0) is 13.1 Å². The second-order valence-electron chi connectivity index (χ2n) is 4.88. The third-order valence-electron chi connectivity index (χ3n) is 3.46. The van der Waals surface area contributed by atoms with Crippen molar-refractivity contribution in [3.8, 4) is 0 Å². The van der Waals surface area contributed by atoms with Gasteiger partial charge in [-0.05, 0) is 11.6 Å². The Labute approximate surface area is 117 Å².